The first-order valence-corrected chi connectivity index (χ1v) is 5.75. The Balaban J connectivity index is 2.64. The van der Waals surface area contributed by atoms with Gasteiger partial charge in [0.1, 0.15) is 5.75 Å². The lowest BCUT2D eigenvalue weighted by Crippen LogP contribution is -2.03. The van der Waals surface area contributed by atoms with Crippen molar-refractivity contribution in [1.82, 2.24) is 4.90 Å². The molecule has 0 aromatic heterocycles. The fraction of sp³-hybridized carbons (Fsp3) is 0.357. The van der Waals surface area contributed by atoms with Gasteiger partial charge in [0.25, 0.3) is 0 Å². The third-order valence-electron chi connectivity index (χ3n) is 2.14. The lowest BCUT2D eigenvalue weighted by molar-refractivity contribution is 0.104. The largest absolute Gasteiger partial charge is 0.494 e. The maximum absolute atomic E-state index is 11.7. The Morgan fingerprint density at radius 1 is 1.29 bits per heavy atom. The summed E-state index contributed by atoms with van der Waals surface area (Å²) in [5.41, 5.74) is 0.673. The van der Waals surface area contributed by atoms with E-state index in [9.17, 15) is 4.79 Å². The molecule has 0 unspecified atom stereocenters. The third kappa shape index (κ3) is 4.72. The highest BCUT2D eigenvalue weighted by Gasteiger charge is 2.01. The first-order valence-electron chi connectivity index (χ1n) is 5.75. The topological polar surface area (TPSA) is 29.5 Å². The second-order valence-electron chi connectivity index (χ2n) is 4.02. The van der Waals surface area contributed by atoms with Gasteiger partial charge in [-0.15, -0.1) is 0 Å². The van der Waals surface area contributed by atoms with Crippen molar-refractivity contribution in [3.8, 4) is 5.75 Å². The first-order chi connectivity index (χ1) is 8.13. The highest BCUT2D eigenvalue weighted by molar-refractivity contribution is 6.04. The Morgan fingerprint density at radius 3 is 2.47 bits per heavy atom. The van der Waals surface area contributed by atoms with Gasteiger partial charge in [-0.1, -0.05) is 6.92 Å². The molecule has 3 nitrogen and oxygen atoms in total. The van der Waals surface area contributed by atoms with Gasteiger partial charge in [0, 0.05) is 31.9 Å². The van der Waals surface area contributed by atoms with Gasteiger partial charge in [0.2, 0.25) is 0 Å². The highest BCUT2D eigenvalue weighted by atomic mass is 16.5. The Kier molecular flexibility index (Phi) is 5.27. The molecule has 0 fully saturated rings. The van der Waals surface area contributed by atoms with Crippen LogP contribution in [0.1, 0.15) is 23.7 Å². The number of hydrogen-bond donors (Lipinski definition) is 0. The standard InChI is InChI=1S/C14H19NO2/c1-4-11-17-13-7-5-12(6-8-13)14(16)9-10-15(2)3/h5-10H,4,11H2,1-3H3/b10-9+. The lowest BCUT2D eigenvalue weighted by Gasteiger charge is -2.05. The number of nitrogens with zero attached hydrogens (tertiary/aromatic N) is 1. The molecule has 0 heterocycles. The summed E-state index contributed by atoms with van der Waals surface area (Å²) in [4.78, 5) is 13.6. The number of allylic oxidation sites excluding steroid dienone is 1. The minimum absolute atomic E-state index is 0.000687. The SMILES string of the molecule is CCCOc1ccc(C(=O)/C=C/N(C)C)cc1. The van der Waals surface area contributed by atoms with E-state index < -0.39 is 0 Å². The number of ketones is 1. The molecule has 0 aliphatic heterocycles. The molecule has 0 saturated heterocycles. The number of carbonyl (C=O) groups excluding carboxylic acids is 1. The molecule has 0 atom stereocenters. The summed E-state index contributed by atoms with van der Waals surface area (Å²) in [6.07, 6.45) is 4.28. The zero-order chi connectivity index (χ0) is 12.7. The number of ether oxygens (including phenoxy) is 1. The Labute approximate surface area is 103 Å². The van der Waals surface area contributed by atoms with E-state index >= 15 is 0 Å². The molecule has 1 aromatic rings. The van der Waals surface area contributed by atoms with E-state index in [1.807, 2.05) is 31.1 Å². The second-order valence-corrected chi connectivity index (χ2v) is 4.02. The van der Waals surface area contributed by atoms with Gasteiger partial charge in [-0.3, -0.25) is 4.79 Å². The van der Waals surface area contributed by atoms with Crippen LogP contribution in [0.3, 0.4) is 0 Å². The van der Waals surface area contributed by atoms with E-state index in [2.05, 4.69) is 6.92 Å². The van der Waals surface area contributed by atoms with Crippen LogP contribution in [0.15, 0.2) is 36.5 Å². The monoisotopic (exact) mass is 233 g/mol. The van der Waals surface area contributed by atoms with Gasteiger partial charge in [-0.25, -0.2) is 0 Å². The normalized spacial score (nSPS) is 10.5. The molecular weight excluding hydrogens is 214 g/mol. The Hall–Kier alpha value is -1.77. The van der Waals surface area contributed by atoms with Gasteiger partial charge in [-0.2, -0.15) is 0 Å². The van der Waals surface area contributed by atoms with Crippen molar-refractivity contribution < 1.29 is 9.53 Å². The maximum atomic E-state index is 11.7. The summed E-state index contributed by atoms with van der Waals surface area (Å²) >= 11 is 0. The Bertz CT molecular complexity index is 380. The van der Waals surface area contributed by atoms with Crippen molar-refractivity contribution in [2.24, 2.45) is 0 Å². The predicted molar refractivity (Wildman–Crippen MR) is 69.4 cm³/mol. The van der Waals surface area contributed by atoms with Crippen molar-refractivity contribution in [3.63, 3.8) is 0 Å². The summed E-state index contributed by atoms with van der Waals surface area (Å²) in [5, 5.41) is 0. The maximum Gasteiger partial charge on any atom is 0.187 e. The van der Waals surface area contributed by atoms with E-state index in [0.29, 0.717) is 12.2 Å². The van der Waals surface area contributed by atoms with Gasteiger partial charge in [-0.05, 0) is 30.7 Å². The van der Waals surface area contributed by atoms with Crippen LogP contribution >= 0.6 is 0 Å². The number of carbonyl (C=O) groups is 1. The molecule has 0 radical (unpaired) electrons. The molecule has 1 aromatic carbocycles. The molecule has 0 amide bonds. The molecule has 17 heavy (non-hydrogen) atoms. The molecule has 0 aliphatic rings. The van der Waals surface area contributed by atoms with Crippen molar-refractivity contribution in [1.29, 1.82) is 0 Å². The van der Waals surface area contributed by atoms with Crippen LogP contribution in [-0.2, 0) is 0 Å². The van der Waals surface area contributed by atoms with E-state index in [-0.39, 0.29) is 5.78 Å². The lowest BCUT2D eigenvalue weighted by atomic mass is 10.1. The van der Waals surface area contributed by atoms with E-state index in [4.69, 9.17) is 4.74 Å². The molecule has 92 valence electrons. The predicted octanol–water partition coefficient (Wildman–Crippen LogP) is 2.73. The summed E-state index contributed by atoms with van der Waals surface area (Å²) in [7, 11) is 3.76. The molecule has 0 saturated carbocycles. The third-order valence-corrected chi connectivity index (χ3v) is 2.14. The molecule has 1 rings (SSSR count). The van der Waals surface area contributed by atoms with Crippen LogP contribution in [0.2, 0.25) is 0 Å². The fourth-order valence-corrected chi connectivity index (χ4v) is 1.25. The van der Waals surface area contributed by atoms with Crippen LogP contribution in [0.5, 0.6) is 5.75 Å². The van der Waals surface area contributed by atoms with E-state index in [1.165, 1.54) is 0 Å². The Morgan fingerprint density at radius 2 is 1.94 bits per heavy atom. The minimum Gasteiger partial charge on any atom is -0.494 e. The van der Waals surface area contributed by atoms with Crippen molar-refractivity contribution in [3.05, 3.63) is 42.1 Å². The van der Waals surface area contributed by atoms with Crippen LogP contribution in [-0.4, -0.2) is 31.4 Å². The van der Waals surface area contributed by atoms with E-state index in [1.54, 1.807) is 24.4 Å². The van der Waals surface area contributed by atoms with E-state index in [0.717, 1.165) is 12.2 Å². The van der Waals surface area contributed by atoms with Gasteiger partial charge in [0.15, 0.2) is 5.78 Å². The molecular formula is C14H19NO2. The molecule has 0 aliphatic carbocycles. The average molecular weight is 233 g/mol. The molecule has 3 heteroatoms. The second kappa shape index (κ2) is 6.74. The quantitative estimate of drug-likeness (QED) is 0.559. The van der Waals surface area contributed by atoms with Gasteiger partial charge < -0.3 is 9.64 Å². The summed E-state index contributed by atoms with van der Waals surface area (Å²) < 4.78 is 5.45. The molecule has 0 N–H and O–H groups in total. The summed E-state index contributed by atoms with van der Waals surface area (Å²) in [5.74, 6) is 0.806. The highest BCUT2D eigenvalue weighted by Crippen LogP contribution is 2.13. The van der Waals surface area contributed by atoms with Crippen LogP contribution in [0.25, 0.3) is 0 Å². The minimum atomic E-state index is 0.000687. The van der Waals surface area contributed by atoms with Crippen LogP contribution in [0, 0.1) is 0 Å². The van der Waals surface area contributed by atoms with Gasteiger partial charge in [0.05, 0.1) is 6.61 Å². The summed E-state index contributed by atoms with van der Waals surface area (Å²) in [6, 6.07) is 7.22. The first kappa shape index (κ1) is 13.3. The van der Waals surface area contributed by atoms with Crippen molar-refractivity contribution in [2.75, 3.05) is 20.7 Å². The van der Waals surface area contributed by atoms with Crippen LogP contribution in [0.4, 0.5) is 0 Å². The zero-order valence-electron chi connectivity index (χ0n) is 10.6. The fourth-order valence-electron chi connectivity index (χ4n) is 1.25. The summed E-state index contributed by atoms with van der Waals surface area (Å²) in [6.45, 7) is 2.76. The van der Waals surface area contributed by atoms with Crippen molar-refractivity contribution >= 4 is 5.78 Å². The van der Waals surface area contributed by atoms with Crippen molar-refractivity contribution in [2.45, 2.75) is 13.3 Å². The number of rotatable bonds is 6. The number of benzene rings is 1. The smallest absolute Gasteiger partial charge is 0.187 e. The van der Waals surface area contributed by atoms with Gasteiger partial charge >= 0.3 is 0 Å². The number of hydrogen-bond acceptors (Lipinski definition) is 3. The molecule has 0 spiro atoms. The molecule has 0 bridgehead atoms. The van der Waals surface area contributed by atoms with Crippen LogP contribution < -0.4 is 4.74 Å². The zero-order valence-corrected chi connectivity index (χ0v) is 10.6. The average Bonchev–Trinajstić information content (AvgIpc) is 2.34.